The van der Waals surface area contributed by atoms with Gasteiger partial charge in [-0.1, -0.05) is 6.07 Å². The second-order valence-electron chi connectivity index (χ2n) is 3.63. The third kappa shape index (κ3) is 2.82. The Kier molecular flexibility index (Phi) is 3.37. The van der Waals surface area contributed by atoms with E-state index in [1.807, 2.05) is 5.32 Å². The maximum Gasteiger partial charge on any atom is 0.272 e. The van der Waals surface area contributed by atoms with E-state index in [1.165, 1.54) is 18.2 Å². The van der Waals surface area contributed by atoms with Crippen molar-refractivity contribution in [2.75, 3.05) is 5.32 Å². The van der Waals surface area contributed by atoms with E-state index in [0.717, 1.165) is 0 Å². The van der Waals surface area contributed by atoms with E-state index in [2.05, 4.69) is 4.98 Å². The molecule has 2 N–H and O–H groups in total. The Morgan fingerprint density at radius 1 is 1.16 bits per heavy atom. The number of halogens is 3. The normalized spacial score (nSPS) is 10.3. The lowest BCUT2D eigenvalue weighted by atomic mass is 10.2. The molecule has 98 valence electrons. The minimum Gasteiger partial charge on any atom is -0.318 e. The van der Waals surface area contributed by atoms with Gasteiger partial charge in [-0.15, -0.1) is 0 Å². The molecule has 0 fully saturated rings. The van der Waals surface area contributed by atoms with Crippen LogP contribution in [0.4, 0.5) is 18.9 Å². The summed E-state index contributed by atoms with van der Waals surface area (Å²) in [6, 6.07) is 4.76. The molecule has 0 aliphatic carbocycles. The summed E-state index contributed by atoms with van der Waals surface area (Å²) >= 11 is 0. The van der Waals surface area contributed by atoms with Crippen LogP contribution in [0.5, 0.6) is 0 Å². The lowest BCUT2D eigenvalue weighted by Gasteiger charge is -2.07. The third-order valence-electron chi connectivity index (χ3n) is 2.25. The highest BCUT2D eigenvalue weighted by Crippen LogP contribution is 2.19. The molecule has 1 aromatic carbocycles. The van der Waals surface area contributed by atoms with Crippen LogP contribution in [0.2, 0.25) is 0 Å². The monoisotopic (exact) mass is 268 g/mol. The first-order chi connectivity index (χ1) is 8.97. The molecule has 0 aliphatic rings. The third-order valence-corrected chi connectivity index (χ3v) is 2.25. The van der Waals surface area contributed by atoms with Crippen LogP contribution in [0, 0.1) is 17.5 Å². The molecule has 0 atom stereocenters. The number of aromatic nitrogens is 1. The average Bonchev–Trinajstić information content (AvgIpc) is 2.35. The fourth-order valence-corrected chi connectivity index (χ4v) is 1.42. The molecule has 0 spiro atoms. The number of H-pyrrole nitrogens is 1. The van der Waals surface area contributed by atoms with Gasteiger partial charge in [-0.3, -0.25) is 9.59 Å². The summed E-state index contributed by atoms with van der Waals surface area (Å²) < 4.78 is 39.2. The highest BCUT2D eigenvalue weighted by Gasteiger charge is 2.14. The van der Waals surface area contributed by atoms with Crippen LogP contribution in [-0.2, 0) is 0 Å². The quantitative estimate of drug-likeness (QED) is 0.819. The summed E-state index contributed by atoms with van der Waals surface area (Å²) in [6.45, 7) is 0. The van der Waals surface area contributed by atoms with Gasteiger partial charge in [0.2, 0.25) is 5.56 Å². The highest BCUT2D eigenvalue weighted by atomic mass is 19.2. The first-order valence-corrected chi connectivity index (χ1v) is 5.12. The number of pyridine rings is 1. The van der Waals surface area contributed by atoms with Crippen molar-refractivity contribution in [3.05, 3.63) is 63.8 Å². The molecule has 19 heavy (non-hydrogen) atoms. The Morgan fingerprint density at radius 3 is 2.58 bits per heavy atom. The second kappa shape index (κ2) is 4.97. The van der Waals surface area contributed by atoms with Gasteiger partial charge >= 0.3 is 0 Å². The lowest BCUT2D eigenvalue weighted by molar-refractivity contribution is 0.102. The molecule has 1 amide bonds. The molecule has 0 aliphatic heterocycles. The van der Waals surface area contributed by atoms with Gasteiger partial charge < -0.3 is 10.3 Å². The fourth-order valence-electron chi connectivity index (χ4n) is 1.42. The number of aromatic amines is 1. The summed E-state index contributed by atoms with van der Waals surface area (Å²) in [7, 11) is 0. The molecule has 1 heterocycles. The molecular formula is C12H7F3N2O2. The SMILES string of the molecule is O=C(Nc1cc(F)cc(F)c1F)c1cccc(=O)[nH]1. The Hall–Kier alpha value is -2.57. The molecule has 0 saturated heterocycles. The average molecular weight is 268 g/mol. The summed E-state index contributed by atoms with van der Waals surface area (Å²) in [5.74, 6) is -4.72. The van der Waals surface area contributed by atoms with Crippen LogP contribution in [0.3, 0.4) is 0 Å². The smallest absolute Gasteiger partial charge is 0.272 e. The van der Waals surface area contributed by atoms with E-state index in [0.29, 0.717) is 12.1 Å². The maximum atomic E-state index is 13.3. The molecule has 0 radical (unpaired) electrons. The van der Waals surface area contributed by atoms with Gasteiger partial charge in [0.05, 0.1) is 5.69 Å². The number of carbonyl (C=O) groups is 1. The molecule has 7 heteroatoms. The standard InChI is InChI=1S/C12H7F3N2O2/c13-6-4-7(14)11(15)9(5-6)17-12(19)8-2-1-3-10(18)16-8/h1-5H,(H,16,18)(H,17,19). The van der Waals surface area contributed by atoms with Gasteiger partial charge in [0.1, 0.15) is 11.5 Å². The van der Waals surface area contributed by atoms with E-state index in [9.17, 15) is 22.8 Å². The second-order valence-corrected chi connectivity index (χ2v) is 3.63. The highest BCUT2D eigenvalue weighted by molar-refractivity contribution is 6.02. The van der Waals surface area contributed by atoms with Crippen molar-refractivity contribution < 1.29 is 18.0 Å². The fraction of sp³-hybridized carbons (Fsp3) is 0. The largest absolute Gasteiger partial charge is 0.318 e. The summed E-state index contributed by atoms with van der Waals surface area (Å²) in [6.07, 6.45) is 0. The van der Waals surface area contributed by atoms with Crippen molar-refractivity contribution in [3.8, 4) is 0 Å². The number of hydrogen-bond acceptors (Lipinski definition) is 2. The predicted molar refractivity (Wildman–Crippen MR) is 61.3 cm³/mol. The zero-order chi connectivity index (χ0) is 14.0. The van der Waals surface area contributed by atoms with Gasteiger partial charge in [0.25, 0.3) is 5.91 Å². The number of hydrogen-bond donors (Lipinski definition) is 2. The Balaban J connectivity index is 2.32. The molecule has 4 nitrogen and oxygen atoms in total. The molecule has 1 aromatic heterocycles. The number of carbonyl (C=O) groups excluding carboxylic acids is 1. The zero-order valence-electron chi connectivity index (χ0n) is 9.34. The lowest BCUT2D eigenvalue weighted by Crippen LogP contribution is -2.18. The summed E-state index contributed by atoms with van der Waals surface area (Å²) in [4.78, 5) is 24.8. The molecular weight excluding hydrogens is 261 g/mol. The molecule has 0 unspecified atom stereocenters. The molecule has 2 rings (SSSR count). The van der Waals surface area contributed by atoms with Crippen LogP contribution in [-0.4, -0.2) is 10.9 Å². The van der Waals surface area contributed by atoms with Gasteiger partial charge in [0.15, 0.2) is 11.6 Å². The Morgan fingerprint density at radius 2 is 1.89 bits per heavy atom. The molecule has 0 bridgehead atoms. The summed E-state index contributed by atoms with van der Waals surface area (Å²) in [5.41, 5.74) is -1.33. The van der Waals surface area contributed by atoms with Crippen molar-refractivity contribution in [1.29, 1.82) is 0 Å². The van der Waals surface area contributed by atoms with Crippen LogP contribution in [0.25, 0.3) is 0 Å². The van der Waals surface area contributed by atoms with Crippen molar-refractivity contribution in [1.82, 2.24) is 4.98 Å². The number of amides is 1. The maximum absolute atomic E-state index is 13.3. The predicted octanol–water partition coefficient (Wildman–Crippen LogP) is 2.04. The number of rotatable bonds is 2. The minimum atomic E-state index is -1.42. The van der Waals surface area contributed by atoms with Gasteiger partial charge in [-0.05, 0) is 6.07 Å². The van der Waals surface area contributed by atoms with E-state index in [-0.39, 0.29) is 5.69 Å². The Labute approximate surface area is 104 Å². The number of nitrogens with one attached hydrogen (secondary N) is 2. The van der Waals surface area contributed by atoms with Crippen LogP contribution < -0.4 is 10.9 Å². The van der Waals surface area contributed by atoms with Crippen LogP contribution in [0.15, 0.2) is 35.1 Å². The zero-order valence-corrected chi connectivity index (χ0v) is 9.34. The van der Waals surface area contributed by atoms with Crippen molar-refractivity contribution in [3.63, 3.8) is 0 Å². The molecule has 0 saturated carbocycles. The van der Waals surface area contributed by atoms with Crippen LogP contribution >= 0.6 is 0 Å². The van der Waals surface area contributed by atoms with E-state index in [1.54, 1.807) is 0 Å². The Bertz CT molecular complexity index is 698. The topological polar surface area (TPSA) is 62.0 Å². The van der Waals surface area contributed by atoms with E-state index < -0.39 is 34.6 Å². The van der Waals surface area contributed by atoms with Gasteiger partial charge in [-0.25, -0.2) is 13.2 Å². The number of benzene rings is 1. The minimum absolute atomic E-state index is 0.156. The van der Waals surface area contributed by atoms with E-state index >= 15 is 0 Å². The number of anilines is 1. The van der Waals surface area contributed by atoms with Crippen molar-refractivity contribution >= 4 is 11.6 Å². The van der Waals surface area contributed by atoms with Gasteiger partial charge in [-0.2, -0.15) is 0 Å². The van der Waals surface area contributed by atoms with E-state index in [4.69, 9.17) is 0 Å². The summed E-state index contributed by atoms with van der Waals surface area (Å²) in [5, 5.41) is 1.97. The van der Waals surface area contributed by atoms with Gasteiger partial charge in [0, 0.05) is 18.2 Å². The van der Waals surface area contributed by atoms with Crippen LogP contribution in [0.1, 0.15) is 10.5 Å². The van der Waals surface area contributed by atoms with Crippen molar-refractivity contribution in [2.24, 2.45) is 0 Å². The molecule has 2 aromatic rings. The van der Waals surface area contributed by atoms with Crippen molar-refractivity contribution in [2.45, 2.75) is 0 Å². The first kappa shape index (κ1) is 12.9. The first-order valence-electron chi connectivity index (χ1n) is 5.12.